The van der Waals surface area contributed by atoms with E-state index in [9.17, 15) is 13.2 Å². The molecule has 162 valence electrons. The van der Waals surface area contributed by atoms with Gasteiger partial charge in [-0.2, -0.15) is 0 Å². The average Bonchev–Trinajstić information content (AvgIpc) is 2.68. The lowest BCUT2D eigenvalue weighted by Crippen LogP contribution is -2.36. The Hall–Kier alpha value is -2.25. The molecule has 0 bridgehead atoms. The van der Waals surface area contributed by atoms with Crippen LogP contribution in [0.25, 0.3) is 0 Å². The number of anilines is 2. The van der Waals surface area contributed by atoms with Gasteiger partial charge in [0, 0.05) is 35.5 Å². The van der Waals surface area contributed by atoms with E-state index < -0.39 is 10.0 Å². The van der Waals surface area contributed by atoms with Crippen LogP contribution < -0.4 is 14.9 Å². The van der Waals surface area contributed by atoms with Crippen LogP contribution in [0.2, 0.25) is 5.02 Å². The molecular formula is C22H28ClN3O3S. The van der Waals surface area contributed by atoms with Gasteiger partial charge in [-0.15, -0.1) is 0 Å². The predicted octanol–water partition coefficient (Wildman–Crippen LogP) is 4.52. The van der Waals surface area contributed by atoms with Crippen LogP contribution in [0.4, 0.5) is 11.4 Å². The summed E-state index contributed by atoms with van der Waals surface area (Å²) in [4.78, 5) is 15.2. The number of hydrogen-bond acceptors (Lipinski definition) is 4. The fourth-order valence-corrected chi connectivity index (χ4v) is 4.65. The first-order chi connectivity index (χ1) is 14.2. The quantitative estimate of drug-likeness (QED) is 0.679. The zero-order valence-corrected chi connectivity index (χ0v) is 19.1. The van der Waals surface area contributed by atoms with Crippen molar-refractivity contribution in [1.82, 2.24) is 5.32 Å². The van der Waals surface area contributed by atoms with Gasteiger partial charge in [0.05, 0.1) is 10.5 Å². The largest absolute Gasteiger partial charge is 0.371 e. The van der Waals surface area contributed by atoms with Gasteiger partial charge in [-0.05, 0) is 75.1 Å². The highest BCUT2D eigenvalue weighted by Gasteiger charge is 2.23. The molecule has 2 N–H and O–H groups in total. The van der Waals surface area contributed by atoms with Gasteiger partial charge >= 0.3 is 0 Å². The summed E-state index contributed by atoms with van der Waals surface area (Å²) in [6, 6.07) is 11.0. The van der Waals surface area contributed by atoms with E-state index in [1.54, 1.807) is 12.1 Å². The minimum atomic E-state index is -3.79. The summed E-state index contributed by atoms with van der Waals surface area (Å²) >= 11 is 5.85. The summed E-state index contributed by atoms with van der Waals surface area (Å²) < 4.78 is 28.0. The minimum absolute atomic E-state index is 0.0267. The van der Waals surface area contributed by atoms with E-state index in [2.05, 4.69) is 21.9 Å². The number of piperidine rings is 1. The number of rotatable bonds is 6. The van der Waals surface area contributed by atoms with Gasteiger partial charge in [-0.1, -0.05) is 18.5 Å². The molecule has 6 nitrogen and oxygen atoms in total. The number of sulfonamides is 1. The highest BCUT2D eigenvalue weighted by Crippen LogP contribution is 2.29. The monoisotopic (exact) mass is 449 g/mol. The second kappa shape index (κ2) is 9.27. The highest BCUT2D eigenvalue weighted by molar-refractivity contribution is 7.92. The molecule has 0 saturated carbocycles. The lowest BCUT2D eigenvalue weighted by atomic mass is 9.98. The third kappa shape index (κ3) is 5.46. The van der Waals surface area contributed by atoms with Crippen molar-refractivity contribution in [3.8, 4) is 0 Å². The van der Waals surface area contributed by atoms with Crippen molar-refractivity contribution in [3.05, 3.63) is 53.1 Å². The van der Waals surface area contributed by atoms with Crippen molar-refractivity contribution in [1.29, 1.82) is 0 Å². The zero-order valence-electron chi connectivity index (χ0n) is 17.5. The SMILES string of the molecule is CC1CCN(c2ccc(NS(=O)(=O)c3ccc(Cl)cc3)cc2C(=O)NC(C)C)CC1. The topological polar surface area (TPSA) is 78.5 Å². The van der Waals surface area contributed by atoms with E-state index >= 15 is 0 Å². The molecule has 3 rings (SSSR count). The Labute approximate surface area is 183 Å². The summed E-state index contributed by atoms with van der Waals surface area (Å²) in [5, 5.41) is 3.38. The molecule has 1 amide bonds. The second-order valence-corrected chi connectivity index (χ2v) is 10.2. The summed E-state index contributed by atoms with van der Waals surface area (Å²) in [5.74, 6) is 0.450. The van der Waals surface area contributed by atoms with Crippen molar-refractivity contribution in [2.24, 2.45) is 5.92 Å². The maximum absolute atomic E-state index is 12.9. The van der Waals surface area contributed by atoms with E-state index in [-0.39, 0.29) is 16.8 Å². The Balaban J connectivity index is 1.92. The highest BCUT2D eigenvalue weighted by atomic mass is 35.5. The number of hydrogen-bond donors (Lipinski definition) is 2. The predicted molar refractivity (Wildman–Crippen MR) is 122 cm³/mol. The summed E-state index contributed by atoms with van der Waals surface area (Å²) in [7, 11) is -3.79. The fourth-order valence-electron chi connectivity index (χ4n) is 3.47. The van der Waals surface area contributed by atoms with E-state index in [0.717, 1.165) is 31.6 Å². The first kappa shape index (κ1) is 22.4. The molecule has 2 aromatic rings. The standard InChI is InChI=1S/C22H28ClN3O3S/c1-15(2)24-22(27)20-14-18(6-9-21(20)26-12-10-16(3)11-13-26)25-30(28,29)19-7-4-17(23)5-8-19/h4-9,14-16,25H,10-13H2,1-3H3,(H,24,27). The van der Waals surface area contributed by atoms with Gasteiger partial charge in [0.25, 0.3) is 15.9 Å². The Bertz CT molecular complexity index is 999. The molecular weight excluding hydrogens is 422 g/mol. The average molecular weight is 450 g/mol. The van der Waals surface area contributed by atoms with Gasteiger partial charge < -0.3 is 10.2 Å². The van der Waals surface area contributed by atoms with Crippen molar-refractivity contribution in [3.63, 3.8) is 0 Å². The Kier molecular flexibility index (Phi) is 6.93. The number of amides is 1. The summed E-state index contributed by atoms with van der Waals surface area (Å²) in [6.07, 6.45) is 2.13. The van der Waals surface area contributed by atoms with Gasteiger partial charge in [0.2, 0.25) is 0 Å². The van der Waals surface area contributed by atoms with Crippen LogP contribution in [0.1, 0.15) is 44.0 Å². The summed E-state index contributed by atoms with van der Waals surface area (Å²) in [5.41, 5.74) is 1.64. The second-order valence-electron chi connectivity index (χ2n) is 8.09. The lowest BCUT2D eigenvalue weighted by molar-refractivity contribution is 0.0943. The van der Waals surface area contributed by atoms with Crippen molar-refractivity contribution < 1.29 is 13.2 Å². The van der Waals surface area contributed by atoms with Gasteiger partial charge in [-0.25, -0.2) is 8.42 Å². The Morgan fingerprint density at radius 2 is 1.73 bits per heavy atom. The molecule has 0 aliphatic carbocycles. The number of halogens is 1. The molecule has 1 aliphatic heterocycles. The molecule has 0 atom stereocenters. The van der Waals surface area contributed by atoms with Crippen LogP contribution in [-0.4, -0.2) is 33.5 Å². The zero-order chi connectivity index (χ0) is 21.9. The van der Waals surface area contributed by atoms with E-state index in [1.165, 1.54) is 24.3 Å². The smallest absolute Gasteiger partial charge is 0.261 e. The minimum Gasteiger partial charge on any atom is -0.371 e. The lowest BCUT2D eigenvalue weighted by Gasteiger charge is -2.33. The molecule has 1 saturated heterocycles. The maximum Gasteiger partial charge on any atom is 0.261 e. The Morgan fingerprint density at radius 1 is 1.10 bits per heavy atom. The molecule has 0 unspecified atom stereocenters. The van der Waals surface area contributed by atoms with Crippen LogP contribution in [0.15, 0.2) is 47.4 Å². The van der Waals surface area contributed by atoms with E-state index in [4.69, 9.17) is 11.6 Å². The fraction of sp³-hybridized carbons (Fsp3) is 0.409. The molecule has 8 heteroatoms. The maximum atomic E-state index is 12.9. The molecule has 1 fully saturated rings. The van der Waals surface area contributed by atoms with Gasteiger partial charge in [-0.3, -0.25) is 9.52 Å². The molecule has 0 spiro atoms. The van der Waals surface area contributed by atoms with E-state index in [0.29, 0.717) is 22.2 Å². The molecule has 30 heavy (non-hydrogen) atoms. The van der Waals surface area contributed by atoms with Crippen LogP contribution >= 0.6 is 11.6 Å². The molecule has 1 aliphatic rings. The van der Waals surface area contributed by atoms with Gasteiger partial charge in [0.15, 0.2) is 0 Å². The van der Waals surface area contributed by atoms with Crippen molar-refractivity contribution in [2.45, 2.75) is 44.6 Å². The Morgan fingerprint density at radius 3 is 2.33 bits per heavy atom. The first-order valence-corrected chi connectivity index (χ1v) is 12.0. The normalized spacial score (nSPS) is 15.3. The van der Waals surface area contributed by atoms with Crippen LogP contribution in [-0.2, 0) is 10.0 Å². The molecule has 0 radical (unpaired) electrons. The number of carbonyl (C=O) groups excluding carboxylic acids is 1. The van der Waals surface area contributed by atoms with Crippen molar-refractivity contribution in [2.75, 3.05) is 22.7 Å². The number of benzene rings is 2. The van der Waals surface area contributed by atoms with Crippen LogP contribution in [0.3, 0.4) is 0 Å². The number of carbonyl (C=O) groups is 1. The molecule has 1 heterocycles. The van der Waals surface area contributed by atoms with Gasteiger partial charge in [0.1, 0.15) is 0 Å². The third-order valence-electron chi connectivity index (χ3n) is 5.16. The summed E-state index contributed by atoms with van der Waals surface area (Å²) in [6.45, 7) is 7.77. The third-order valence-corrected chi connectivity index (χ3v) is 6.81. The number of nitrogens with one attached hydrogen (secondary N) is 2. The van der Waals surface area contributed by atoms with Crippen LogP contribution in [0, 0.1) is 5.92 Å². The first-order valence-electron chi connectivity index (χ1n) is 10.1. The van der Waals surface area contributed by atoms with Crippen molar-refractivity contribution >= 4 is 38.9 Å². The van der Waals surface area contributed by atoms with E-state index in [1.807, 2.05) is 19.9 Å². The number of nitrogens with zero attached hydrogens (tertiary/aromatic N) is 1. The molecule has 2 aromatic carbocycles. The molecule has 0 aromatic heterocycles. The van der Waals surface area contributed by atoms with Crippen LogP contribution in [0.5, 0.6) is 0 Å².